The molecule has 1 rings (SSSR count). The average molecular weight is 296 g/mol. The number of hydrogen-bond donors (Lipinski definition) is 1. The largest absolute Gasteiger partial charge is 0.493 e. The molecule has 0 aliphatic heterocycles. The highest BCUT2D eigenvalue weighted by atomic mass is 16.5. The van der Waals surface area contributed by atoms with Crippen LogP contribution in [0.3, 0.4) is 0 Å². The Kier molecular flexibility index (Phi) is 9.78. The first-order valence-electron chi connectivity index (χ1n) is 7.63. The molecule has 0 saturated carbocycles. The minimum absolute atomic E-state index is 0.636. The highest BCUT2D eigenvalue weighted by Crippen LogP contribution is 2.18. The zero-order valence-electron chi connectivity index (χ0n) is 13.5. The fourth-order valence-electron chi connectivity index (χ4n) is 1.82. The van der Waals surface area contributed by atoms with Crippen LogP contribution in [0.2, 0.25) is 0 Å². The highest BCUT2D eigenvalue weighted by Gasteiger charge is 2.05. The Balaban J connectivity index is 2.32. The second-order valence-electron chi connectivity index (χ2n) is 4.92. The van der Waals surface area contributed by atoms with Gasteiger partial charge in [-0.05, 0) is 19.9 Å². The van der Waals surface area contributed by atoms with Crippen molar-refractivity contribution in [2.24, 2.45) is 0 Å². The summed E-state index contributed by atoms with van der Waals surface area (Å²) in [7, 11) is 1.67. The SMILES string of the molecule is CCCNCc1cnc(C)cc1OCCCOCCOC. The van der Waals surface area contributed by atoms with Crippen LogP contribution in [0.1, 0.15) is 31.0 Å². The van der Waals surface area contributed by atoms with Gasteiger partial charge < -0.3 is 19.5 Å². The van der Waals surface area contributed by atoms with E-state index in [2.05, 4.69) is 17.2 Å². The Morgan fingerprint density at radius 2 is 2.05 bits per heavy atom. The molecule has 0 aromatic carbocycles. The molecule has 1 heterocycles. The average Bonchev–Trinajstić information content (AvgIpc) is 2.48. The van der Waals surface area contributed by atoms with Crippen molar-refractivity contribution in [3.8, 4) is 5.75 Å². The molecule has 120 valence electrons. The van der Waals surface area contributed by atoms with Crippen LogP contribution in [0, 0.1) is 6.92 Å². The van der Waals surface area contributed by atoms with Gasteiger partial charge in [-0.15, -0.1) is 0 Å². The van der Waals surface area contributed by atoms with E-state index in [1.54, 1.807) is 7.11 Å². The van der Waals surface area contributed by atoms with E-state index in [-0.39, 0.29) is 0 Å². The number of ether oxygens (including phenoxy) is 3. The molecule has 0 aliphatic rings. The molecule has 0 saturated heterocycles. The summed E-state index contributed by atoms with van der Waals surface area (Å²) in [5.41, 5.74) is 2.08. The summed E-state index contributed by atoms with van der Waals surface area (Å²) in [6, 6.07) is 1.99. The van der Waals surface area contributed by atoms with Crippen molar-refractivity contribution in [1.29, 1.82) is 0 Å². The molecule has 1 aromatic rings. The summed E-state index contributed by atoms with van der Waals surface area (Å²) in [6.45, 7) is 8.54. The molecule has 5 nitrogen and oxygen atoms in total. The van der Waals surface area contributed by atoms with Gasteiger partial charge >= 0.3 is 0 Å². The van der Waals surface area contributed by atoms with E-state index in [1.165, 1.54) is 0 Å². The number of rotatable bonds is 12. The van der Waals surface area contributed by atoms with Gasteiger partial charge in [-0.3, -0.25) is 4.98 Å². The van der Waals surface area contributed by atoms with Crippen molar-refractivity contribution >= 4 is 0 Å². The first-order chi connectivity index (χ1) is 10.3. The zero-order valence-corrected chi connectivity index (χ0v) is 13.5. The molecule has 0 bridgehead atoms. The van der Waals surface area contributed by atoms with Crippen molar-refractivity contribution in [3.63, 3.8) is 0 Å². The molecule has 0 amide bonds. The fraction of sp³-hybridized carbons (Fsp3) is 0.688. The summed E-state index contributed by atoms with van der Waals surface area (Å²) in [5.74, 6) is 0.919. The molecule has 1 N–H and O–H groups in total. The van der Waals surface area contributed by atoms with E-state index >= 15 is 0 Å². The summed E-state index contributed by atoms with van der Waals surface area (Å²) in [4.78, 5) is 4.34. The van der Waals surface area contributed by atoms with Crippen LogP contribution in [0.15, 0.2) is 12.3 Å². The lowest BCUT2D eigenvalue weighted by Gasteiger charge is -2.12. The lowest BCUT2D eigenvalue weighted by molar-refractivity contribution is 0.0644. The first kappa shape index (κ1) is 17.9. The highest BCUT2D eigenvalue weighted by molar-refractivity contribution is 5.32. The van der Waals surface area contributed by atoms with Gasteiger partial charge in [0.1, 0.15) is 5.75 Å². The van der Waals surface area contributed by atoms with Gasteiger partial charge in [0.05, 0.1) is 19.8 Å². The molecular weight excluding hydrogens is 268 g/mol. The van der Waals surface area contributed by atoms with Gasteiger partial charge in [0.2, 0.25) is 0 Å². The topological polar surface area (TPSA) is 52.6 Å². The Labute approximate surface area is 128 Å². The van der Waals surface area contributed by atoms with Gasteiger partial charge in [-0.25, -0.2) is 0 Å². The summed E-state index contributed by atoms with van der Waals surface area (Å²) >= 11 is 0. The van der Waals surface area contributed by atoms with E-state index in [4.69, 9.17) is 14.2 Å². The molecule has 0 fully saturated rings. The fourth-order valence-corrected chi connectivity index (χ4v) is 1.82. The van der Waals surface area contributed by atoms with Crippen LogP contribution in [0.5, 0.6) is 5.75 Å². The molecule has 0 atom stereocenters. The smallest absolute Gasteiger partial charge is 0.127 e. The maximum atomic E-state index is 5.86. The van der Waals surface area contributed by atoms with Crippen molar-refractivity contribution in [3.05, 3.63) is 23.5 Å². The Morgan fingerprint density at radius 3 is 2.81 bits per heavy atom. The Morgan fingerprint density at radius 1 is 1.19 bits per heavy atom. The van der Waals surface area contributed by atoms with E-state index in [1.807, 2.05) is 19.2 Å². The molecule has 0 radical (unpaired) electrons. The Bertz CT molecular complexity index is 386. The number of hydrogen-bond acceptors (Lipinski definition) is 5. The van der Waals surface area contributed by atoms with E-state index in [9.17, 15) is 0 Å². The van der Waals surface area contributed by atoms with Gasteiger partial charge in [0, 0.05) is 50.2 Å². The summed E-state index contributed by atoms with van der Waals surface area (Å²) in [6.07, 6.45) is 3.88. The third-order valence-corrected chi connectivity index (χ3v) is 2.95. The van der Waals surface area contributed by atoms with Gasteiger partial charge in [0.25, 0.3) is 0 Å². The third kappa shape index (κ3) is 7.99. The lowest BCUT2D eigenvalue weighted by Crippen LogP contribution is -2.15. The maximum absolute atomic E-state index is 5.86. The number of aryl methyl sites for hydroxylation is 1. The third-order valence-electron chi connectivity index (χ3n) is 2.95. The zero-order chi connectivity index (χ0) is 15.3. The normalized spacial score (nSPS) is 10.8. The van der Waals surface area contributed by atoms with E-state index in [0.29, 0.717) is 26.4 Å². The number of aromatic nitrogens is 1. The predicted molar refractivity (Wildman–Crippen MR) is 83.8 cm³/mol. The van der Waals surface area contributed by atoms with Gasteiger partial charge in [0.15, 0.2) is 0 Å². The number of nitrogens with zero attached hydrogens (tertiary/aromatic N) is 1. The minimum atomic E-state index is 0.636. The van der Waals surface area contributed by atoms with Crippen LogP contribution < -0.4 is 10.1 Å². The van der Waals surface area contributed by atoms with Crippen molar-refractivity contribution in [1.82, 2.24) is 10.3 Å². The van der Waals surface area contributed by atoms with Crippen LogP contribution in [0.25, 0.3) is 0 Å². The summed E-state index contributed by atoms with van der Waals surface area (Å²) < 4.78 is 16.2. The van der Waals surface area contributed by atoms with Crippen molar-refractivity contribution in [2.45, 2.75) is 33.2 Å². The monoisotopic (exact) mass is 296 g/mol. The second kappa shape index (κ2) is 11.5. The van der Waals surface area contributed by atoms with Gasteiger partial charge in [-0.2, -0.15) is 0 Å². The van der Waals surface area contributed by atoms with Gasteiger partial charge in [-0.1, -0.05) is 6.92 Å². The quantitative estimate of drug-likeness (QED) is 0.600. The van der Waals surface area contributed by atoms with Crippen molar-refractivity contribution < 1.29 is 14.2 Å². The van der Waals surface area contributed by atoms with Crippen LogP contribution >= 0.6 is 0 Å². The maximum Gasteiger partial charge on any atom is 0.127 e. The predicted octanol–water partition coefficient (Wildman–Crippen LogP) is 2.32. The molecule has 0 unspecified atom stereocenters. The number of pyridine rings is 1. The first-order valence-corrected chi connectivity index (χ1v) is 7.63. The van der Waals surface area contributed by atoms with E-state index < -0.39 is 0 Å². The standard InChI is InChI=1S/C16H28N2O3/c1-4-6-17-12-15-13-18-14(2)11-16(15)21-8-5-7-20-10-9-19-3/h11,13,17H,4-10,12H2,1-3H3. The molecule has 0 spiro atoms. The minimum Gasteiger partial charge on any atom is -0.493 e. The molecule has 1 aromatic heterocycles. The van der Waals surface area contributed by atoms with Crippen LogP contribution in [-0.2, 0) is 16.0 Å². The molecular formula is C16H28N2O3. The molecule has 5 heteroatoms. The second-order valence-corrected chi connectivity index (χ2v) is 4.92. The summed E-state index contributed by atoms with van der Waals surface area (Å²) in [5, 5.41) is 3.38. The lowest BCUT2D eigenvalue weighted by atomic mass is 10.2. The molecule has 21 heavy (non-hydrogen) atoms. The van der Waals surface area contributed by atoms with Crippen molar-refractivity contribution in [2.75, 3.05) is 40.1 Å². The van der Waals surface area contributed by atoms with Crippen LogP contribution in [-0.4, -0.2) is 45.1 Å². The molecule has 0 aliphatic carbocycles. The Hall–Kier alpha value is -1.17. The van der Waals surface area contributed by atoms with Crippen LogP contribution in [0.4, 0.5) is 0 Å². The number of nitrogens with one attached hydrogen (secondary N) is 1. The number of methoxy groups -OCH3 is 1. The van der Waals surface area contributed by atoms with E-state index in [0.717, 1.165) is 42.9 Å².